The number of thiophene rings is 1. The SMILES string of the molecule is Cc1ccsc1C(=O)C(C)C(C)N. The molecule has 0 aromatic carbocycles. The van der Waals surface area contributed by atoms with Crippen LogP contribution in [0, 0.1) is 12.8 Å². The number of hydrogen-bond acceptors (Lipinski definition) is 3. The van der Waals surface area contributed by atoms with E-state index in [1.54, 1.807) is 0 Å². The lowest BCUT2D eigenvalue weighted by atomic mass is 9.97. The van der Waals surface area contributed by atoms with Crippen LogP contribution in [0.1, 0.15) is 29.1 Å². The molecule has 0 saturated heterocycles. The van der Waals surface area contributed by atoms with Gasteiger partial charge in [0.05, 0.1) is 4.88 Å². The van der Waals surface area contributed by atoms with Crippen LogP contribution < -0.4 is 5.73 Å². The molecule has 3 heteroatoms. The maximum atomic E-state index is 11.8. The minimum atomic E-state index is -0.0858. The van der Waals surface area contributed by atoms with Crippen LogP contribution in [0.3, 0.4) is 0 Å². The second kappa shape index (κ2) is 4.03. The largest absolute Gasteiger partial charge is 0.327 e. The van der Waals surface area contributed by atoms with Gasteiger partial charge < -0.3 is 5.73 Å². The number of aryl methyl sites for hydroxylation is 1. The van der Waals surface area contributed by atoms with E-state index in [-0.39, 0.29) is 17.7 Å². The van der Waals surface area contributed by atoms with Crippen LogP contribution >= 0.6 is 11.3 Å². The molecular weight excluding hydrogens is 182 g/mol. The Labute approximate surface area is 82.8 Å². The summed E-state index contributed by atoms with van der Waals surface area (Å²) in [6.45, 7) is 5.70. The first-order valence-electron chi connectivity index (χ1n) is 4.38. The second-order valence-corrected chi connectivity index (χ2v) is 4.36. The Morgan fingerprint density at radius 2 is 2.15 bits per heavy atom. The molecule has 2 N–H and O–H groups in total. The normalized spacial score (nSPS) is 15.4. The quantitative estimate of drug-likeness (QED) is 0.755. The molecule has 0 aliphatic carbocycles. The molecule has 2 atom stereocenters. The van der Waals surface area contributed by atoms with Crippen molar-refractivity contribution in [2.45, 2.75) is 26.8 Å². The Balaban J connectivity index is 2.86. The fourth-order valence-electron chi connectivity index (χ4n) is 1.07. The number of ketones is 1. The van der Waals surface area contributed by atoms with Gasteiger partial charge in [0.15, 0.2) is 5.78 Å². The smallest absolute Gasteiger partial charge is 0.177 e. The Hall–Kier alpha value is -0.670. The van der Waals surface area contributed by atoms with Crippen molar-refractivity contribution < 1.29 is 4.79 Å². The van der Waals surface area contributed by atoms with Gasteiger partial charge >= 0.3 is 0 Å². The van der Waals surface area contributed by atoms with E-state index >= 15 is 0 Å². The standard InChI is InChI=1S/C10H15NOS/c1-6-4-5-13-10(6)9(12)7(2)8(3)11/h4-5,7-8H,11H2,1-3H3. The summed E-state index contributed by atoms with van der Waals surface area (Å²) in [6, 6.07) is 1.89. The molecule has 1 aromatic heterocycles. The number of rotatable bonds is 3. The molecule has 2 unspecified atom stereocenters. The molecular formula is C10H15NOS. The third-order valence-electron chi connectivity index (χ3n) is 2.29. The first-order chi connectivity index (χ1) is 6.04. The van der Waals surface area contributed by atoms with Crippen molar-refractivity contribution in [1.82, 2.24) is 0 Å². The van der Waals surface area contributed by atoms with Gasteiger partial charge in [0.1, 0.15) is 0 Å². The van der Waals surface area contributed by atoms with Gasteiger partial charge in [-0.3, -0.25) is 4.79 Å². The zero-order chi connectivity index (χ0) is 10.0. The lowest BCUT2D eigenvalue weighted by Crippen LogP contribution is -2.30. The molecule has 0 saturated carbocycles. The third kappa shape index (κ3) is 2.17. The Morgan fingerprint density at radius 3 is 2.54 bits per heavy atom. The van der Waals surface area contributed by atoms with Gasteiger partial charge in [-0.25, -0.2) is 0 Å². The number of carbonyl (C=O) groups is 1. The van der Waals surface area contributed by atoms with Crippen LogP contribution in [0.5, 0.6) is 0 Å². The summed E-state index contributed by atoms with van der Waals surface area (Å²) in [5.74, 6) is 0.0832. The van der Waals surface area contributed by atoms with Crippen LogP contribution in [-0.4, -0.2) is 11.8 Å². The first kappa shape index (κ1) is 10.4. The number of hydrogen-bond donors (Lipinski definition) is 1. The molecule has 0 amide bonds. The van der Waals surface area contributed by atoms with Gasteiger partial charge in [-0.05, 0) is 30.9 Å². The molecule has 0 fully saturated rings. The predicted octanol–water partition coefficient (Wildman–Crippen LogP) is 2.22. The van der Waals surface area contributed by atoms with Gasteiger partial charge in [0.25, 0.3) is 0 Å². The van der Waals surface area contributed by atoms with Gasteiger partial charge in [-0.1, -0.05) is 6.92 Å². The molecule has 0 radical (unpaired) electrons. The lowest BCUT2D eigenvalue weighted by Gasteiger charge is -2.13. The van der Waals surface area contributed by atoms with Crippen LogP contribution in [0.15, 0.2) is 11.4 Å². The summed E-state index contributed by atoms with van der Waals surface area (Å²) >= 11 is 1.50. The summed E-state index contributed by atoms with van der Waals surface area (Å²) in [6.07, 6.45) is 0. The highest BCUT2D eigenvalue weighted by molar-refractivity contribution is 7.12. The van der Waals surface area contributed by atoms with Crippen molar-refractivity contribution in [3.05, 3.63) is 21.9 Å². The van der Waals surface area contributed by atoms with Crippen molar-refractivity contribution in [3.63, 3.8) is 0 Å². The van der Waals surface area contributed by atoms with Crippen LogP contribution in [0.25, 0.3) is 0 Å². The van der Waals surface area contributed by atoms with Crippen molar-refractivity contribution in [3.8, 4) is 0 Å². The Kier molecular flexibility index (Phi) is 3.22. The van der Waals surface area contributed by atoms with Crippen LogP contribution in [0.2, 0.25) is 0 Å². The van der Waals surface area contributed by atoms with E-state index in [9.17, 15) is 4.79 Å². The Morgan fingerprint density at radius 1 is 1.54 bits per heavy atom. The van der Waals surface area contributed by atoms with Crippen LogP contribution in [0.4, 0.5) is 0 Å². The number of Topliss-reactive ketones (excluding diaryl/α,β-unsaturated/α-hetero) is 1. The van der Waals surface area contributed by atoms with Gasteiger partial charge in [0.2, 0.25) is 0 Å². The van der Waals surface area contributed by atoms with Crippen molar-refractivity contribution >= 4 is 17.1 Å². The molecule has 0 spiro atoms. The molecule has 0 bridgehead atoms. The highest BCUT2D eigenvalue weighted by Crippen LogP contribution is 2.20. The molecule has 0 aliphatic heterocycles. The Bertz CT molecular complexity index is 304. The summed E-state index contributed by atoms with van der Waals surface area (Å²) in [5, 5.41) is 1.94. The summed E-state index contributed by atoms with van der Waals surface area (Å²) in [7, 11) is 0. The van der Waals surface area contributed by atoms with Crippen molar-refractivity contribution in [2.24, 2.45) is 11.7 Å². The van der Waals surface area contributed by atoms with Crippen LogP contribution in [-0.2, 0) is 0 Å². The highest BCUT2D eigenvalue weighted by Gasteiger charge is 2.20. The van der Waals surface area contributed by atoms with Gasteiger partial charge in [0, 0.05) is 12.0 Å². The molecule has 72 valence electrons. The lowest BCUT2D eigenvalue weighted by molar-refractivity contribution is 0.0921. The summed E-state index contributed by atoms with van der Waals surface area (Å²) < 4.78 is 0. The molecule has 1 rings (SSSR count). The van der Waals surface area contributed by atoms with Crippen molar-refractivity contribution in [1.29, 1.82) is 0 Å². The van der Waals surface area contributed by atoms with E-state index in [2.05, 4.69) is 0 Å². The monoisotopic (exact) mass is 197 g/mol. The third-order valence-corrected chi connectivity index (χ3v) is 3.32. The summed E-state index contributed by atoms with van der Waals surface area (Å²) in [5.41, 5.74) is 6.73. The van der Waals surface area contributed by atoms with Gasteiger partial charge in [-0.2, -0.15) is 0 Å². The van der Waals surface area contributed by atoms with E-state index in [1.165, 1.54) is 11.3 Å². The van der Waals surface area contributed by atoms with E-state index in [0.29, 0.717) is 0 Å². The molecule has 13 heavy (non-hydrogen) atoms. The van der Waals surface area contributed by atoms with Gasteiger partial charge in [-0.15, -0.1) is 11.3 Å². The fourth-order valence-corrected chi connectivity index (χ4v) is 2.03. The van der Waals surface area contributed by atoms with E-state index in [1.807, 2.05) is 32.2 Å². The molecule has 1 aromatic rings. The minimum Gasteiger partial charge on any atom is -0.327 e. The minimum absolute atomic E-state index is 0.0750. The number of nitrogens with two attached hydrogens (primary N) is 1. The molecule has 2 nitrogen and oxygen atoms in total. The first-order valence-corrected chi connectivity index (χ1v) is 5.26. The predicted molar refractivity (Wildman–Crippen MR) is 56.2 cm³/mol. The molecule has 1 heterocycles. The van der Waals surface area contributed by atoms with E-state index in [0.717, 1.165) is 10.4 Å². The number of carbonyl (C=O) groups excluding carboxylic acids is 1. The second-order valence-electron chi connectivity index (χ2n) is 3.44. The summed E-state index contributed by atoms with van der Waals surface area (Å²) in [4.78, 5) is 12.7. The average molecular weight is 197 g/mol. The fraction of sp³-hybridized carbons (Fsp3) is 0.500. The van der Waals surface area contributed by atoms with Crippen molar-refractivity contribution in [2.75, 3.05) is 0 Å². The van der Waals surface area contributed by atoms with E-state index in [4.69, 9.17) is 5.73 Å². The maximum absolute atomic E-state index is 11.8. The molecule has 0 aliphatic rings. The topological polar surface area (TPSA) is 43.1 Å². The highest BCUT2D eigenvalue weighted by atomic mass is 32.1. The maximum Gasteiger partial charge on any atom is 0.177 e. The van der Waals surface area contributed by atoms with E-state index < -0.39 is 0 Å². The average Bonchev–Trinajstić information content (AvgIpc) is 2.48. The zero-order valence-electron chi connectivity index (χ0n) is 8.20. The zero-order valence-corrected chi connectivity index (χ0v) is 9.02.